The molecular weight excluding hydrogens is 246 g/mol. The van der Waals surface area contributed by atoms with Crippen LogP contribution in [0.3, 0.4) is 0 Å². The van der Waals surface area contributed by atoms with Gasteiger partial charge in [-0.15, -0.1) is 0 Å². The van der Waals surface area contributed by atoms with Crippen molar-refractivity contribution in [3.05, 3.63) is 33.9 Å². The van der Waals surface area contributed by atoms with E-state index in [0.717, 1.165) is 19.6 Å². The summed E-state index contributed by atoms with van der Waals surface area (Å²) in [7, 11) is 0. The summed E-state index contributed by atoms with van der Waals surface area (Å²) >= 11 is 0. The van der Waals surface area contributed by atoms with Gasteiger partial charge in [0.05, 0.1) is 11.6 Å². The van der Waals surface area contributed by atoms with E-state index >= 15 is 0 Å². The fourth-order valence-corrected chi connectivity index (χ4v) is 3.54. The summed E-state index contributed by atoms with van der Waals surface area (Å²) in [5.41, 5.74) is 6.96. The maximum Gasteiger partial charge on any atom is 0.0849 e. The maximum atomic E-state index is 6.14. The molecule has 2 nitrogen and oxygen atoms in total. The average Bonchev–Trinajstić information content (AvgIpc) is 2.84. The van der Waals surface area contributed by atoms with Crippen molar-refractivity contribution < 1.29 is 4.74 Å². The highest BCUT2D eigenvalue weighted by Gasteiger charge is 2.40. The molecule has 112 valence electrons. The van der Waals surface area contributed by atoms with Gasteiger partial charge in [-0.1, -0.05) is 13.0 Å². The Kier molecular flexibility index (Phi) is 4.55. The van der Waals surface area contributed by atoms with Gasteiger partial charge in [0.15, 0.2) is 0 Å². The minimum absolute atomic E-state index is 0.0776. The van der Waals surface area contributed by atoms with E-state index in [4.69, 9.17) is 4.74 Å². The number of ether oxygens (including phenoxy) is 1. The summed E-state index contributed by atoms with van der Waals surface area (Å²) in [6.45, 7) is 15.2. The van der Waals surface area contributed by atoms with Crippen LogP contribution in [0.25, 0.3) is 0 Å². The Hall–Kier alpha value is -0.860. The van der Waals surface area contributed by atoms with E-state index in [1.165, 1.54) is 34.2 Å². The molecule has 1 aromatic carbocycles. The highest BCUT2D eigenvalue weighted by atomic mass is 16.5. The van der Waals surface area contributed by atoms with Gasteiger partial charge in [-0.3, -0.25) is 0 Å². The van der Waals surface area contributed by atoms with Crippen molar-refractivity contribution in [1.82, 2.24) is 5.32 Å². The molecule has 2 heteroatoms. The zero-order valence-electron chi connectivity index (χ0n) is 13.9. The van der Waals surface area contributed by atoms with Gasteiger partial charge in [-0.2, -0.15) is 0 Å². The number of hydrogen-bond donors (Lipinski definition) is 1. The molecule has 1 N–H and O–H groups in total. The van der Waals surface area contributed by atoms with Crippen molar-refractivity contribution in [2.24, 2.45) is 0 Å². The van der Waals surface area contributed by atoms with Gasteiger partial charge in [0.1, 0.15) is 0 Å². The molecule has 0 saturated carbocycles. The van der Waals surface area contributed by atoms with Crippen LogP contribution in [0, 0.1) is 27.7 Å². The Labute approximate surface area is 123 Å². The number of hydrogen-bond acceptors (Lipinski definition) is 2. The summed E-state index contributed by atoms with van der Waals surface area (Å²) in [6.07, 6.45) is 2.30. The SMILES string of the molecule is CCNC(c1c(C)c(C)cc(C)c1C)C1(C)CCCO1. The highest BCUT2D eigenvalue weighted by molar-refractivity contribution is 5.46. The molecule has 0 aromatic heterocycles. The monoisotopic (exact) mass is 275 g/mol. The lowest BCUT2D eigenvalue weighted by Gasteiger charge is -2.37. The lowest BCUT2D eigenvalue weighted by Crippen LogP contribution is -2.42. The highest BCUT2D eigenvalue weighted by Crippen LogP contribution is 2.40. The standard InChI is InChI=1S/C18H29NO/c1-7-19-17(18(6)9-8-10-20-18)16-14(4)12(2)11-13(3)15(16)5/h11,17,19H,7-10H2,1-6H3. The van der Waals surface area contributed by atoms with Crippen LogP contribution in [0.2, 0.25) is 0 Å². The molecule has 1 fully saturated rings. The fraction of sp³-hybridized carbons (Fsp3) is 0.667. The molecule has 0 bridgehead atoms. The summed E-state index contributed by atoms with van der Waals surface area (Å²) < 4.78 is 6.14. The first-order valence-electron chi connectivity index (χ1n) is 7.85. The van der Waals surface area contributed by atoms with Gasteiger partial charge in [-0.05, 0) is 81.8 Å². The normalized spacial score (nSPS) is 24.1. The Morgan fingerprint density at radius 3 is 2.25 bits per heavy atom. The van der Waals surface area contributed by atoms with Crippen LogP contribution in [0.15, 0.2) is 6.07 Å². The predicted molar refractivity (Wildman–Crippen MR) is 85.4 cm³/mol. The Balaban J connectivity index is 2.55. The zero-order chi connectivity index (χ0) is 14.9. The predicted octanol–water partition coefficient (Wildman–Crippen LogP) is 4.14. The third-order valence-corrected chi connectivity index (χ3v) is 4.98. The topological polar surface area (TPSA) is 21.3 Å². The van der Waals surface area contributed by atoms with Gasteiger partial charge >= 0.3 is 0 Å². The quantitative estimate of drug-likeness (QED) is 0.891. The molecule has 0 aliphatic carbocycles. The smallest absolute Gasteiger partial charge is 0.0849 e. The van der Waals surface area contributed by atoms with Crippen LogP contribution in [0.1, 0.15) is 60.5 Å². The lowest BCUT2D eigenvalue weighted by molar-refractivity contribution is -0.0124. The zero-order valence-corrected chi connectivity index (χ0v) is 13.9. The van der Waals surface area contributed by atoms with E-state index in [1.807, 2.05) is 0 Å². The van der Waals surface area contributed by atoms with Crippen molar-refractivity contribution >= 4 is 0 Å². The van der Waals surface area contributed by atoms with Crippen molar-refractivity contribution in [1.29, 1.82) is 0 Å². The lowest BCUT2D eigenvalue weighted by atomic mass is 9.81. The second-order valence-corrected chi connectivity index (χ2v) is 6.43. The molecule has 0 spiro atoms. The average molecular weight is 275 g/mol. The van der Waals surface area contributed by atoms with Gasteiger partial charge in [0.25, 0.3) is 0 Å². The van der Waals surface area contributed by atoms with E-state index < -0.39 is 0 Å². The maximum absolute atomic E-state index is 6.14. The van der Waals surface area contributed by atoms with Gasteiger partial charge < -0.3 is 10.1 Å². The Morgan fingerprint density at radius 2 is 1.80 bits per heavy atom. The molecule has 2 atom stereocenters. The number of benzene rings is 1. The Morgan fingerprint density at radius 1 is 1.20 bits per heavy atom. The molecule has 20 heavy (non-hydrogen) atoms. The number of likely N-dealkylation sites (N-methyl/N-ethyl adjacent to an activating group) is 1. The molecule has 1 saturated heterocycles. The van der Waals surface area contributed by atoms with Crippen molar-refractivity contribution in [3.63, 3.8) is 0 Å². The fourth-order valence-electron chi connectivity index (χ4n) is 3.54. The van der Waals surface area contributed by atoms with Crippen LogP contribution < -0.4 is 5.32 Å². The van der Waals surface area contributed by atoms with E-state index in [1.54, 1.807) is 0 Å². The molecule has 2 unspecified atom stereocenters. The molecule has 1 aliphatic rings. The molecule has 0 radical (unpaired) electrons. The molecule has 2 rings (SSSR count). The summed E-state index contributed by atoms with van der Waals surface area (Å²) in [4.78, 5) is 0. The first-order valence-corrected chi connectivity index (χ1v) is 7.85. The van der Waals surface area contributed by atoms with E-state index in [0.29, 0.717) is 0 Å². The second kappa shape index (κ2) is 5.87. The van der Waals surface area contributed by atoms with Crippen LogP contribution >= 0.6 is 0 Å². The van der Waals surface area contributed by atoms with Gasteiger partial charge in [0, 0.05) is 6.61 Å². The summed E-state index contributed by atoms with van der Waals surface area (Å²) in [5, 5.41) is 3.69. The molecule has 0 amide bonds. The molecule has 1 heterocycles. The molecule has 1 aromatic rings. The second-order valence-electron chi connectivity index (χ2n) is 6.43. The number of aryl methyl sites for hydroxylation is 2. The first kappa shape index (κ1) is 15.5. The third-order valence-electron chi connectivity index (χ3n) is 4.98. The Bertz CT molecular complexity index is 460. The van der Waals surface area contributed by atoms with E-state index in [2.05, 4.69) is 52.9 Å². The van der Waals surface area contributed by atoms with Gasteiger partial charge in [0.2, 0.25) is 0 Å². The van der Waals surface area contributed by atoms with Crippen molar-refractivity contribution in [2.45, 2.75) is 66.0 Å². The minimum Gasteiger partial charge on any atom is -0.373 e. The minimum atomic E-state index is -0.0776. The van der Waals surface area contributed by atoms with Crippen molar-refractivity contribution in [2.75, 3.05) is 13.2 Å². The summed E-state index contributed by atoms with van der Waals surface area (Å²) in [5.74, 6) is 0. The molecule has 1 aliphatic heterocycles. The van der Waals surface area contributed by atoms with E-state index in [-0.39, 0.29) is 11.6 Å². The summed E-state index contributed by atoms with van der Waals surface area (Å²) in [6, 6.07) is 2.59. The van der Waals surface area contributed by atoms with Crippen LogP contribution in [0.4, 0.5) is 0 Å². The van der Waals surface area contributed by atoms with Crippen LogP contribution in [-0.2, 0) is 4.74 Å². The van der Waals surface area contributed by atoms with Crippen molar-refractivity contribution in [3.8, 4) is 0 Å². The van der Waals surface area contributed by atoms with E-state index in [9.17, 15) is 0 Å². The number of rotatable bonds is 4. The number of nitrogens with one attached hydrogen (secondary N) is 1. The molecular formula is C18H29NO. The third kappa shape index (κ3) is 2.64. The largest absolute Gasteiger partial charge is 0.373 e. The first-order chi connectivity index (χ1) is 9.40. The van der Waals surface area contributed by atoms with Gasteiger partial charge in [-0.25, -0.2) is 0 Å². The van der Waals surface area contributed by atoms with Crippen LogP contribution in [0.5, 0.6) is 0 Å². The van der Waals surface area contributed by atoms with Crippen LogP contribution in [-0.4, -0.2) is 18.8 Å².